The van der Waals surface area contributed by atoms with Crippen molar-refractivity contribution in [2.45, 2.75) is 24.9 Å². The van der Waals surface area contributed by atoms with Crippen LogP contribution in [0.2, 0.25) is 0 Å². The topological polar surface area (TPSA) is 143 Å². The molecule has 0 radical (unpaired) electrons. The highest BCUT2D eigenvalue weighted by atomic mass is 32.3. The molecule has 2 aliphatic heterocycles. The lowest BCUT2D eigenvalue weighted by molar-refractivity contribution is -0.122. The average Bonchev–Trinajstić information content (AvgIpc) is 2.73. The molecule has 1 aromatic heterocycles. The van der Waals surface area contributed by atoms with Crippen LogP contribution in [0.5, 0.6) is 0 Å². The first-order valence-corrected chi connectivity index (χ1v) is 8.07. The summed E-state index contributed by atoms with van der Waals surface area (Å²) in [4.78, 5) is 27.7. The van der Waals surface area contributed by atoms with Gasteiger partial charge in [0.1, 0.15) is 6.04 Å². The Bertz CT molecular complexity index is 641. The van der Waals surface area contributed by atoms with Crippen molar-refractivity contribution >= 4 is 22.3 Å². The van der Waals surface area contributed by atoms with E-state index in [-0.39, 0.29) is 6.54 Å². The summed E-state index contributed by atoms with van der Waals surface area (Å²) in [7, 11) is -4.75. The van der Waals surface area contributed by atoms with Gasteiger partial charge in [0.25, 0.3) is 0 Å². The normalized spacial score (nSPS) is 23.3. The van der Waals surface area contributed by atoms with Crippen molar-refractivity contribution < 1.29 is 26.8 Å². The van der Waals surface area contributed by atoms with Gasteiger partial charge in [-0.2, -0.15) is 13.5 Å². The van der Waals surface area contributed by atoms with Crippen molar-refractivity contribution in [3.63, 3.8) is 0 Å². The van der Waals surface area contributed by atoms with E-state index in [0.29, 0.717) is 17.9 Å². The number of primary amides is 1. The van der Waals surface area contributed by atoms with E-state index in [1.54, 1.807) is 12.4 Å². The third-order valence-electron chi connectivity index (χ3n) is 3.39. The fraction of sp³-hybridized carbons (Fsp3) is 0.417. The number of urea groups is 1. The molecule has 126 valence electrons. The van der Waals surface area contributed by atoms with Gasteiger partial charge in [0.15, 0.2) is 0 Å². The molecule has 2 saturated heterocycles. The lowest BCUT2D eigenvalue weighted by Crippen LogP contribution is -2.47. The van der Waals surface area contributed by atoms with Crippen molar-refractivity contribution in [2.24, 2.45) is 5.73 Å². The van der Waals surface area contributed by atoms with Gasteiger partial charge in [-0.15, -0.1) is 4.28 Å². The Labute approximate surface area is 132 Å². The van der Waals surface area contributed by atoms with E-state index >= 15 is 0 Å². The smallest absolute Gasteiger partial charge is 0.368 e. The molecule has 2 fully saturated rings. The van der Waals surface area contributed by atoms with Gasteiger partial charge in [-0.25, -0.2) is 4.79 Å². The predicted octanol–water partition coefficient (Wildman–Crippen LogP) is -0.444. The molecule has 2 bridgehead atoms. The van der Waals surface area contributed by atoms with Crippen molar-refractivity contribution in [1.29, 1.82) is 0 Å². The van der Waals surface area contributed by atoms with Gasteiger partial charge in [0, 0.05) is 18.9 Å². The molecule has 11 heteroatoms. The Morgan fingerprint density at radius 3 is 2.39 bits per heavy atom. The highest BCUT2D eigenvalue weighted by Crippen LogP contribution is 2.30. The average molecular weight is 344 g/mol. The first-order chi connectivity index (χ1) is 10.8. The number of nitrogens with zero attached hydrogens (tertiary/aromatic N) is 3. The SMILES string of the molecule is NC(=O)[C@H]1CC[C@@H]2CN1C(=O)N2OS(=O)(=O)O.c1ccncc1. The summed E-state index contributed by atoms with van der Waals surface area (Å²) in [6.45, 7) is 0.155. The van der Waals surface area contributed by atoms with Crippen LogP contribution in [0.1, 0.15) is 12.8 Å². The van der Waals surface area contributed by atoms with Crippen LogP contribution in [0, 0.1) is 0 Å². The van der Waals surface area contributed by atoms with Crippen LogP contribution >= 0.6 is 0 Å². The fourth-order valence-electron chi connectivity index (χ4n) is 2.44. The molecule has 0 aliphatic carbocycles. The molecule has 3 amide bonds. The molecular weight excluding hydrogens is 328 g/mol. The van der Waals surface area contributed by atoms with E-state index in [4.69, 9.17) is 10.3 Å². The summed E-state index contributed by atoms with van der Waals surface area (Å²) in [6.07, 6.45) is 4.22. The number of aromatic nitrogens is 1. The van der Waals surface area contributed by atoms with E-state index in [1.807, 2.05) is 18.2 Å². The predicted molar refractivity (Wildman–Crippen MR) is 76.8 cm³/mol. The molecule has 3 rings (SSSR count). The molecule has 2 aliphatic rings. The number of rotatable bonds is 3. The first-order valence-electron chi connectivity index (χ1n) is 6.71. The maximum absolute atomic E-state index is 11.7. The third kappa shape index (κ3) is 4.37. The van der Waals surface area contributed by atoms with Crippen LogP contribution in [-0.4, -0.2) is 58.5 Å². The van der Waals surface area contributed by atoms with Gasteiger partial charge < -0.3 is 10.6 Å². The molecule has 0 aromatic carbocycles. The molecule has 0 unspecified atom stereocenters. The second-order valence-corrected chi connectivity index (χ2v) is 5.94. The standard InChI is InChI=1S/C7H11N3O6S.C5H5N/c8-6(11)5-2-1-4-3-9(5)7(12)10(4)16-17(13,14)15;1-2-4-6-5-3-1/h4-5H,1-3H2,(H2,8,11)(H,13,14,15);1-5H/t4-,5-;/m1./s1. The maximum atomic E-state index is 11.7. The number of hydrogen-bond acceptors (Lipinski definition) is 6. The number of fused-ring (bicyclic) bond motifs is 2. The van der Waals surface area contributed by atoms with Gasteiger partial charge >= 0.3 is 16.4 Å². The molecular formula is C12H16N4O6S. The molecule has 0 spiro atoms. The third-order valence-corrected chi connectivity index (χ3v) is 3.74. The Morgan fingerprint density at radius 2 is 1.96 bits per heavy atom. The number of hydrogen-bond donors (Lipinski definition) is 2. The Morgan fingerprint density at radius 1 is 1.30 bits per heavy atom. The van der Waals surface area contributed by atoms with Crippen LogP contribution in [0.15, 0.2) is 30.6 Å². The zero-order valence-corrected chi connectivity index (χ0v) is 12.8. The molecule has 23 heavy (non-hydrogen) atoms. The number of piperidine rings is 1. The highest BCUT2D eigenvalue weighted by Gasteiger charge is 2.48. The van der Waals surface area contributed by atoms with Crippen molar-refractivity contribution in [3.8, 4) is 0 Å². The second kappa shape index (κ2) is 6.89. The quantitative estimate of drug-likeness (QED) is 0.707. The summed E-state index contributed by atoms with van der Waals surface area (Å²) in [5.74, 6) is -0.648. The molecule has 10 nitrogen and oxygen atoms in total. The first kappa shape index (κ1) is 17.1. The zero-order chi connectivity index (χ0) is 17.0. The second-order valence-electron chi connectivity index (χ2n) is 4.94. The van der Waals surface area contributed by atoms with Gasteiger partial charge in [-0.3, -0.25) is 14.3 Å². The van der Waals surface area contributed by atoms with Crippen LogP contribution in [0.4, 0.5) is 4.79 Å². The summed E-state index contributed by atoms with van der Waals surface area (Å²) in [5.41, 5.74) is 5.13. The minimum atomic E-state index is -4.75. The van der Waals surface area contributed by atoms with E-state index in [9.17, 15) is 18.0 Å². The van der Waals surface area contributed by atoms with Crippen molar-refractivity contribution in [2.75, 3.05) is 6.54 Å². The number of pyridine rings is 1. The number of hydroxylamine groups is 2. The lowest BCUT2D eigenvalue weighted by atomic mass is 10.0. The largest absolute Gasteiger partial charge is 0.418 e. The van der Waals surface area contributed by atoms with Crippen LogP contribution in [0.3, 0.4) is 0 Å². The zero-order valence-electron chi connectivity index (χ0n) is 12.0. The number of carbonyl (C=O) groups excluding carboxylic acids is 2. The maximum Gasteiger partial charge on any atom is 0.418 e. The molecule has 3 heterocycles. The summed E-state index contributed by atoms with van der Waals surface area (Å²) < 4.78 is 33.8. The van der Waals surface area contributed by atoms with E-state index < -0.39 is 34.4 Å². The minimum absolute atomic E-state index is 0.155. The van der Waals surface area contributed by atoms with Crippen molar-refractivity contribution in [3.05, 3.63) is 30.6 Å². The van der Waals surface area contributed by atoms with Gasteiger partial charge in [0.05, 0.1) is 6.04 Å². The van der Waals surface area contributed by atoms with Gasteiger partial charge in [-0.1, -0.05) is 6.07 Å². The lowest BCUT2D eigenvalue weighted by Gasteiger charge is -2.27. The highest BCUT2D eigenvalue weighted by molar-refractivity contribution is 7.80. The minimum Gasteiger partial charge on any atom is -0.368 e. The van der Waals surface area contributed by atoms with Crippen LogP contribution in [-0.2, 0) is 19.5 Å². The van der Waals surface area contributed by atoms with E-state index in [1.165, 1.54) is 0 Å². The van der Waals surface area contributed by atoms with Crippen LogP contribution in [0.25, 0.3) is 0 Å². The Balaban J connectivity index is 0.000000268. The number of carbonyl (C=O) groups is 2. The molecule has 3 N–H and O–H groups in total. The van der Waals surface area contributed by atoms with Gasteiger partial charge in [0.2, 0.25) is 5.91 Å². The number of nitrogens with two attached hydrogens (primary N) is 1. The molecule has 1 aromatic rings. The summed E-state index contributed by atoms with van der Waals surface area (Å²) in [5, 5.41) is 0.568. The monoisotopic (exact) mass is 344 g/mol. The van der Waals surface area contributed by atoms with E-state index in [2.05, 4.69) is 9.27 Å². The number of amides is 3. The summed E-state index contributed by atoms with van der Waals surface area (Å²) in [6, 6.07) is 3.68. The summed E-state index contributed by atoms with van der Waals surface area (Å²) >= 11 is 0. The van der Waals surface area contributed by atoms with Gasteiger partial charge in [-0.05, 0) is 25.0 Å². The van der Waals surface area contributed by atoms with E-state index in [0.717, 1.165) is 4.90 Å². The Kier molecular flexibility index (Phi) is 5.13. The van der Waals surface area contributed by atoms with Crippen LogP contribution < -0.4 is 5.73 Å². The molecule has 0 saturated carbocycles. The Hall–Kier alpha value is -2.24. The van der Waals surface area contributed by atoms with Crippen molar-refractivity contribution in [1.82, 2.24) is 14.9 Å². The molecule has 2 atom stereocenters. The fourth-order valence-corrected chi connectivity index (χ4v) is 2.83.